The van der Waals surface area contributed by atoms with Crippen LogP contribution in [-0.2, 0) is 0 Å². The van der Waals surface area contributed by atoms with E-state index in [1.165, 1.54) is 0 Å². The second-order valence-electron chi connectivity index (χ2n) is 3.44. The Morgan fingerprint density at radius 1 is 1.00 bits per heavy atom. The summed E-state index contributed by atoms with van der Waals surface area (Å²) in [6, 6.07) is 11.5. The van der Waals surface area contributed by atoms with E-state index in [0.29, 0.717) is 11.0 Å². The van der Waals surface area contributed by atoms with Gasteiger partial charge >= 0.3 is 0 Å². The fourth-order valence-corrected chi connectivity index (χ4v) is 1.87. The molecule has 4 heteroatoms. The van der Waals surface area contributed by atoms with E-state index in [1.807, 2.05) is 42.6 Å². The van der Waals surface area contributed by atoms with E-state index >= 15 is 0 Å². The number of aromatic nitrogens is 3. The number of rotatable bonds is 1. The van der Waals surface area contributed by atoms with Gasteiger partial charge in [-0.3, -0.25) is 0 Å². The molecule has 0 atom stereocenters. The molecular weight excluding hydrogens is 222 g/mol. The Morgan fingerprint density at radius 2 is 1.88 bits per heavy atom. The third-order valence-corrected chi connectivity index (χ3v) is 2.68. The summed E-state index contributed by atoms with van der Waals surface area (Å²) in [5, 5.41) is 1.36. The number of hydrogen-bond donors (Lipinski definition) is 1. The van der Waals surface area contributed by atoms with Crippen molar-refractivity contribution >= 4 is 22.5 Å². The van der Waals surface area contributed by atoms with Crippen molar-refractivity contribution in [3.8, 4) is 11.5 Å². The molecular formula is C12H8ClN3. The maximum Gasteiger partial charge on any atom is 0.177 e. The number of fused-ring (bicyclic) bond motifs is 1. The first kappa shape index (κ1) is 9.36. The number of nitrogens with zero attached hydrogens (tertiary/aromatic N) is 2. The molecule has 0 amide bonds. The SMILES string of the molecule is Clc1nc(-c2ccc[nH]2)nc2ccccc12. The Balaban J connectivity index is 2.29. The summed E-state index contributed by atoms with van der Waals surface area (Å²) in [6.07, 6.45) is 1.84. The maximum atomic E-state index is 6.11. The van der Waals surface area contributed by atoms with Gasteiger partial charge in [-0.2, -0.15) is 0 Å². The molecule has 0 unspecified atom stereocenters. The van der Waals surface area contributed by atoms with Gasteiger partial charge in [-0.15, -0.1) is 0 Å². The highest BCUT2D eigenvalue weighted by molar-refractivity contribution is 6.34. The van der Waals surface area contributed by atoms with Gasteiger partial charge in [-0.25, -0.2) is 9.97 Å². The molecule has 0 spiro atoms. The number of H-pyrrole nitrogens is 1. The molecule has 0 aliphatic carbocycles. The number of hydrogen-bond acceptors (Lipinski definition) is 2. The molecule has 0 aliphatic rings. The van der Waals surface area contributed by atoms with Crippen LogP contribution in [0.15, 0.2) is 42.6 Å². The number of aromatic amines is 1. The van der Waals surface area contributed by atoms with Crippen LogP contribution in [0.2, 0.25) is 5.15 Å². The van der Waals surface area contributed by atoms with Crippen molar-refractivity contribution in [3.63, 3.8) is 0 Å². The summed E-state index contributed by atoms with van der Waals surface area (Å²) < 4.78 is 0. The molecule has 3 aromatic rings. The third kappa shape index (κ3) is 1.46. The quantitative estimate of drug-likeness (QED) is 0.651. The monoisotopic (exact) mass is 229 g/mol. The lowest BCUT2D eigenvalue weighted by molar-refractivity contribution is 1.20. The number of nitrogens with one attached hydrogen (secondary N) is 1. The minimum atomic E-state index is 0.482. The van der Waals surface area contributed by atoms with E-state index in [2.05, 4.69) is 15.0 Å². The van der Waals surface area contributed by atoms with Crippen LogP contribution in [0.3, 0.4) is 0 Å². The Labute approximate surface area is 97.1 Å². The predicted molar refractivity (Wildman–Crippen MR) is 64.3 cm³/mol. The molecule has 0 fully saturated rings. The molecule has 2 heterocycles. The molecule has 0 bridgehead atoms. The minimum Gasteiger partial charge on any atom is -0.359 e. The summed E-state index contributed by atoms with van der Waals surface area (Å²) in [5.74, 6) is 0.619. The molecule has 0 saturated heterocycles. The number of benzene rings is 1. The molecule has 16 heavy (non-hydrogen) atoms. The molecule has 0 saturated carbocycles. The molecule has 1 aromatic carbocycles. The largest absolute Gasteiger partial charge is 0.359 e. The van der Waals surface area contributed by atoms with Crippen LogP contribution in [0.25, 0.3) is 22.4 Å². The number of para-hydroxylation sites is 1. The Bertz CT molecular complexity index is 632. The van der Waals surface area contributed by atoms with Crippen molar-refractivity contribution in [1.29, 1.82) is 0 Å². The third-order valence-electron chi connectivity index (χ3n) is 2.40. The summed E-state index contributed by atoms with van der Waals surface area (Å²) in [7, 11) is 0. The second kappa shape index (κ2) is 3.61. The molecule has 1 N–H and O–H groups in total. The van der Waals surface area contributed by atoms with Crippen molar-refractivity contribution in [3.05, 3.63) is 47.7 Å². The average molecular weight is 230 g/mol. The van der Waals surface area contributed by atoms with E-state index < -0.39 is 0 Å². The van der Waals surface area contributed by atoms with Crippen LogP contribution in [0, 0.1) is 0 Å². The average Bonchev–Trinajstić information content (AvgIpc) is 2.82. The lowest BCUT2D eigenvalue weighted by atomic mass is 10.2. The van der Waals surface area contributed by atoms with Gasteiger partial charge in [0, 0.05) is 11.6 Å². The maximum absolute atomic E-state index is 6.11. The first-order valence-corrected chi connectivity index (χ1v) is 5.28. The lowest BCUT2D eigenvalue weighted by Gasteiger charge is -2.02. The summed E-state index contributed by atoms with van der Waals surface area (Å²) in [5.41, 5.74) is 1.72. The fourth-order valence-electron chi connectivity index (χ4n) is 1.63. The molecule has 78 valence electrons. The van der Waals surface area contributed by atoms with Gasteiger partial charge in [0.05, 0.1) is 11.2 Å². The van der Waals surface area contributed by atoms with Crippen molar-refractivity contribution < 1.29 is 0 Å². The van der Waals surface area contributed by atoms with Gasteiger partial charge in [-0.1, -0.05) is 23.7 Å². The minimum absolute atomic E-state index is 0.482. The van der Waals surface area contributed by atoms with E-state index in [0.717, 1.165) is 16.6 Å². The van der Waals surface area contributed by atoms with Crippen LogP contribution in [0.4, 0.5) is 0 Å². The zero-order chi connectivity index (χ0) is 11.0. The smallest absolute Gasteiger partial charge is 0.177 e. The highest BCUT2D eigenvalue weighted by Crippen LogP contribution is 2.23. The van der Waals surface area contributed by atoms with E-state index in [-0.39, 0.29) is 0 Å². The lowest BCUT2D eigenvalue weighted by Crippen LogP contribution is -1.91. The molecule has 2 aromatic heterocycles. The van der Waals surface area contributed by atoms with Crippen LogP contribution in [0.5, 0.6) is 0 Å². The second-order valence-corrected chi connectivity index (χ2v) is 3.80. The molecule has 0 radical (unpaired) electrons. The Kier molecular flexibility index (Phi) is 2.11. The van der Waals surface area contributed by atoms with Gasteiger partial charge in [0.1, 0.15) is 5.15 Å². The molecule has 3 nitrogen and oxygen atoms in total. The summed E-state index contributed by atoms with van der Waals surface area (Å²) in [6.45, 7) is 0. The van der Waals surface area contributed by atoms with Gasteiger partial charge in [-0.05, 0) is 24.3 Å². The molecule has 0 aliphatic heterocycles. The first-order chi connectivity index (χ1) is 7.84. The topological polar surface area (TPSA) is 41.6 Å². The Hall–Kier alpha value is -1.87. The summed E-state index contributed by atoms with van der Waals surface area (Å²) >= 11 is 6.11. The zero-order valence-corrected chi connectivity index (χ0v) is 9.07. The van der Waals surface area contributed by atoms with Crippen molar-refractivity contribution in [1.82, 2.24) is 15.0 Å². The highest BCUT2D eigenvalue weighted by Gasteiger charge is 2.07. The van der Waals surface area contributed by atoms with E-state index in [9.17, 15) is 0 Å². The van der Waals surface area contributed by atoms with E-state index in [4.69, 9.17) is 11.6 Å². The normalized spacial score (nSPS) is 10.8. The van der Waals surface area contributed by atoms with Crippen LogP contribution >= 0.6 is 11.6 Å². The molecule has 3 rings (SSSR count). The van der Waals surface area contributed by atoms with Gasteiger partial charge in [0.2, 0.25) is 0 Å². The van der Waals surface area contributed by atoms with Gasteiger partial charge in [0.25, 0.3) is 0 Å². The van der Waals surface area contributed by atoms with Crippen LogP contribution < -0.4 is 0 Å². The summed E-state index contributed by atoms with van der Waals surface area (Å²) in [4.78, 5) is 11.8. The van der Waals surface area contributed by atoms with Gasteiger partial charge in [0.15, 0.2) is 5.82 Å². The number of halogens is 1. The highest BCUT2D eigenvalue weighted by atomic mass is 35.5. The predicted octanol–water partition coefficient (Wildman–Crippen LogP) is 3.28. The van der Waals surface area contributed by atoms with Crippen molar-refractivity contribution in [2.45, 2.75) is 0 Å². The van der Waals surface area contributed by atoms with Crippen LogP contribution in [0.1, 0.15) is 0 Å². The Morgan fingerprint density at radius 3 is 2.69 bits per heavy atom. The van der Waals surface area contributed by atoms with Crippen molar-refractivity contribution in [2.75, 3.05) is 0 Å². The van der Waals surface area contributed by atoms with Gasteiger partial charge < -0.3 is 4.98 Å². The zero-order valence-electron chi connectivity index (χ0n) is 8.31. The van der Waals surface area contributed by atoms with E-state index in [1.54, 1.807) is 0 Å². The first-order valence-electron chi connectivity index (χ1n) is 4.90. The fraction of sp³-hybridized carbons (Fsp3) is 0. The van der Waals surface area contributed by atoms with Crippen LogP contribution in [-0.4, -0.2) is 15.0 Å². The van der Waals surface area contributed by atoms with Crippen molar-refractivity contribution in [2.24, 2.45) is 0 Å². The standard InChI is InChI=1S/C12H8ClN3/c13-11-8-4-1-2-5-9(8)15-12(16-11)10-6-3-7-14-10/h1-7,14H.